The Balaban J connectivity index is 2.84. The molecule has 0 radical (unpaired) electrons. The van der Waals surface area contributed by atoms with Crippen molar-refractivity contribution >= 4 is 21.6 Å². The Bertz CT molecular complexity index is 456. The summed E-state index contributed by atoms with van der Waals surface area (Å²) >= 11 is 5.66. The van der Waals surface area contributed by atoms with E-state index in [1.54, 1.807) is 11.6 Å². The summed E-state index contributed by atoms with van der Waals surface area (Å²) in [5.74, 6) is 0.611. The summed E-state index contributed by atoms with van der Waals surface area (Å²) in [6.45, 7) is 3.91. The fourth-order valence-electron chi connectivity index (χ4n) is 1.43. The number of imidazole rings is 1. The van der Waals surface area contributed by atoms with Crippen molar-refractivity contribution in [2.45, 2.75) is 31.3 Å². The summed E-state index contributed by atoms with van der Waals surface area (Å²) in [6, 6.07) is -0.167. The molecule has 1 aromatic heterocycles. The third kappa shape index (κ3) is 3.97. The lowest BCUT2D eigenvalue weighted by Crippen LogP contribution is -2.38. The first-order valence-corrected chi connectivity index (χ1v) is 7.45. The standard InChI is InChI=1S/C10H18ClN3O2S/c1-8(2)9(4-5-11)13-17(15,16)10-6-14(3)7-12-10/h6-9,13H,4-5H2,1-3H3. The average molecular weight is 280 g/mol. The van der Waals surface area contributed by atoms with Crippen LogP contribution >= 0.6 is 11.6 Å². The Kier molecular flexibility index (Phi) is 4.97. The van der Waals surface area contributed by atoms with Crippen molar-refractivity contribution in [3.63, 3.8) is 0 Å². The van der Waals surface area contributed by atoms with Crippen molar-refractivity contribution in [1.82, 2.24) is 14.3 Å². The Morgan fingerprint density at radius 1 is 1.53 bits per heavy atom. The van der Waals surface area contributed by atoms with Gasteiger partial charge in [0.2, 0.25) is 0 Å². The van der Waals surface area contributed by atoms with E-state index in [0.29, 0.717) is 12.3 Å². The summed E-state index contributed by atoms with van der Waals surface area (Å²) in [7, 11) is -1.82. The first kappa shape index (κ1) is 14.5. The number of aryl methyl sites for hydroxylation is 1. The van der Waals surface area contributed by atoms with Crippen LogP contribution in [0.2, 0.25) is 0 Å². The average Bonchev–Trinajstić information content (AvgIpc) is 2.64. The Morgan fingerprint density at radius 2 is 2.18 bits per heavy atom. The lowest BCUT2D eigenvalue weighted by atomic mass is 10.0. The summed E-state index contributed by atoms with van der Waals surface area (Å²) in [5.41, 5.74) is 0. The summed E-state index contributed by atoms with van der Waals surface area (Å²) in [4.78, 5) is 3.84. The monoisotopic (exact) mass is 279 g/mol. The molecule has 5 nitrogen and oxygen atoms in total. The van der Waals surface area contributed by atoms with Gasteiger partial charge in [0.25, 0.3) is 10.0 Å². The van der Waals surface area contributed by atoms with E-state index in [-0.39, 0.29) is 17.0 Å². The topological polar surface area (TPSA) is 64.0 Å². The molecule has 98 valence electrons. The molecule has 0 saturated heterocycles. The van der Waals surface area contributed by atoms with Gasteiger partial charge in [-0.05, 0) is 12.3 Å². The summed E-state index contributed by atoms with van der Waals surface area (Å²) < 4.78 is 28.2. The van der Waals surface area contributed by atoms with Gasteiger partial charge >= 0.3 is 0 Å². The molecule has 0 saturated carbocycles. The summed E-state index contributed by atoms with van der Waals surface area (Å²) in [6.07, 6.45) is 3.53. The molecule has 1 unspecified atom stereocenters. The molecule has 1 heterocycles. The van der Waals surface area contributed by atoms with Crippen molar-refractivity contribution < 1.29 is 8.42 Å². The van der Waals surface area contributed by atoms with E-state index >= 15 is 0 Å². The second-order valence-electron chi connectivity index (χ2n) is 4.33. The molecule has 0 fully saturated rings. The van der Waals surface area contributed by atoms with Gasteiger partial charge in [-0.1, -0.05) is 13.8 Å². The number of sulfonamides is 1. The van der Waals surface area contributed by atoms with Crippen molar-refractivity contribution in [1.29, 1.82) is 0 Å². The van der Waals surface area contributed by atoms with Crippen molar-refractivity contribution in [3.05, 3.63) is 12.5 Å². The van der Waals surface area contributed by atoms with Gasteiger partial charge in [-0.25, -0.2) is 18.1 Å². The molecular formula is C10H18ClN3O2S. The highest BCUT2D eigenvalue weighted by atomic mass is 35.5. The fourth-order valence-corrected chi connectivity index (χ4v) is 3.07. The molecular weight excluding hydrogens is 262 g/mol. The highest BCUT2D eigenvalue weighted by Gasteiger charge is 2.23. The third-order valence-electron chi connectivity index (χ3n) is 2.49. The second kappa shape index (κ2) is 5.84. The molecule has 1 N–H and O–H groups in total. The number of nitrogens with one attached hydrogen (secondary N) is 1. The van der Waals surface area contributed by atoms with Gasteiger partial charge in [0.05, 0.1) is 6.33 Å². The molecule has 0 aliphatic heterocycles. The first-order valence-electron chi connectivity index (χ1n) is 5.43. The van der Waals surface area contributed by atoms with Crippen LogP contribution in [-0.2, 0) is 17.1 Å². The van der Waals surface area contributed by atoms with Crippen molar-refractivity contribution in [2.24, 2.45) is 13.0 Å². The number of hydrogen-bond donors (Lipinski definition) is 1. The van der Waals surface area contributed by atoms with Crippen LogP contribution in [0.5, 0.6) is 0 Å². The minimum Gasteiger partial charge on any atom is -0.339 e. The first-order chi connectivity index (χ1) is 7.86. The maximum absolute atomic E-state index is 12.0. The van der Waals surface area contributed by atoms with Gasteiger partial charge in [0.1, 0.15) is 0 Å². The highest BCUT2D eigenvalue weighted by molar-refractivity contribution is 7.89. The van der Waals surface area contributed by atoms with E-state index in [2.05, 4.69) is 9.71 Å². The van der Waals surface area contributed by atoms with E-state index < -0.39 is 10.0 Å². The van der Waals surface area contributed by atoms with Crippen LogP contribution < -0.4 is 4.72 Å². The molecule has 1 rings (SSSR count). The van der Waals surface area contributed by atoms with Gasteiger partial charge in [-0.3, -0.25) is 0 Å². The number of alkyl halides is 1. The lowest BCUT2D eigenvalue weighted by Gasteiger charge is -2.20. The van der Waals surface area contributed by atoms with Crippen molar-refractivity contribution in [3.8, 4) is 0 Å². The van der Waals surface area contributed by atoms with E-state index in [0.717, 1.165) is 0 Å². The van der Waals surface area contributed by atoms with Gasteiger partial charge in [-0.2, -0.15) is 0 Å². The Labute approximate surface area is 107 Å². The molecule has 0 spiro atoms. The predicted octanol–water partition coefficient (Wildman–Crippen LogP) is 1.35. The molecule has 0 aliphatic carbocycles. The Hall–Kier alpha value is -0.590. The van der Waals surface area contributed by atoms with Gasteiger partial charge in [0, 0.05) is 25.2 Å². The normalized spacial score (nSPS) is 14.2. The van der Waals surface area contributed by atoms with Gasteiger partial charge in [-0.15, -0.1) is 11.6 Å². The molecule has 1 atom stereocenters. The van der Waals surface area contributed by atoms with Crippen molar-refractivity contribution in [2.75, 3.05) is 5.88 Å². The largest absolute Gasteiger partial charge is 0.339 e. The zero-order chi connectivity index (χ0) is 13.1. The third-order valence-corrected chi connectivity index (χ3v) is 4.08. The van der Waals surface area contributed by atoms with Crippen LogP contribution in [0.25, 0.3) is 0 Å². The number of hydrogen-bond acceptors (Lipinski definition) is 3. The number of aromatic nitrogens is 2. The zero-order valence-electron chi connectivity index (χ0n) is 10.2. The molecule has 7 heteroatoms. The van der Waals surface area contributed by atoms with Gasteiger partial charge < -0.3 is 4.57 Å². The quantitative estimate of drug-likeness (QED) is 0.800. The predicted molar refractivity (Wildman–Crippen MR) is 67.5 cm³/mol. The molecule has 0 bridgehead atoms. The minimum atomic E-state index is -3.55. The lowest BCUT2D eigenvalue weighted by molar-refractivity contribution is 0.438. The van der Waals surface area contributed by atoms with Crippen LogP contribution in [0.4, 0.5) is 0 Å². The van der Waals surface area contributed by atoms with Gasteiger partial charge in [0.15, 0.2) is 5.03 Å². The SMILES string of the molecule is CC(C)C(CCCl)NS(=O)(=O)c1cn(C)cn1. The minimum absolute atomic E-state index is 0.0419. The molecule has 0 aliphatic rings. The van der Waals surface area contributed by atoms with Crippen LogP contribution in [0.15, 0.2) is 17.6 Å². The number of rotatable bonds is 6. The molecule has 1 aromatic rings. The molecule has 0 amide bonds. The maximum atomic E-state index is 12.0. The second-order valence-corrected chi connectivity index (χ2v) is 6.37. The van der Waals surface area contributed by atoms with E-state index in [4.69, 9.17) is 11.6 Å². The molecule has 0 aromatic carbocycles. The summed E-state index contributed by atoms with van der Waals surface area (Å²) in [5, 5.41) is 0.0419. The van der Waals surface area contributed by atoms with Crippen LogP contribution in [0.1, 0.15) is 20.3 Å². The zero-order valence-corrected chi connectivity index (χ0v) is 11.8. The van der Waals surface area contributed by atoms with Crippen LogP contribution in [-0.4, -0.2) is 29.9 Å². The number of nitrogens with zero attached hydrogens (tertiary/aromatic N) is 2. The maximum Gasteiger partial charge on any atom is 0.259 e. The smallest absolute Gasteiger partial charge is 0.259 e. The van der Waals surface area contributed by atoms with Crippen LogP contribution in [0, 0.1) is 5.92 Å². The van der Waals surface area contributed by atoms with E-state index in [1.165, 1.54) is 12.5 Å². The fraction of sp³-hybridized carbons (Fsp3) is 0.700. The van der Waals surface area contributed by atoms with E-state index in [1.807, 2.05) is 13.8 Å². The van der Waals surface area contributed by atoms with E-state index in [9.17, 15) is 8.42 Å². The highest BCUT2D eigenvalue weighted by Crippen LogP contribution is 2.12. The molecule has 17 heavy (non-hydrogen) atoms. The Morgan fingerprint density at radius 3 is 2.59 bits per heavy atom. The number of halogens is 1. The van der Waals surface area contributed by atoms with Crippen LogP contribution in [0.3, 0.4) is 0 Å².